The van der Waals surface area contributed by atoms with Crippen LogP contribution in [0.5, 0.6) is 0 Å². The SMILES string of the molecule is CN=Cc1c(N)ccc(Sc2cnc(N3CCC(C)(N)CC3)cn2)c1Cl. The predicted molar refractivity (Wildman–Crippen MR) is 110 cm³/mol. The fourth-order valence-electron chi connectivity index (χ4n) is 2.81. The van der Waals surface area contributed by atoms with Crippen molar-refractivity contribution in [2.45, 2.75) is 35.2 Å². The number of halogens is 1. The molecule has 1 aromatic carbocycles. The Hall–Kier alpha value is -1.83. The molecular formula is C18H23ClN6S. The fourth-order valence-corrected chi connectivity index (χ4v) is 3.92. The monoisotopic (exact) mass is 390 g/mol. The van der Waals surface area contributed by atoms with E-state index < -0.39 is 0 Å². The summed E-state index contributed by atoms with van der Waals surface area (Å²) >= 11 is 7.92. The summed E-state index contributed by atoms with van der Waals surface area (Å²) in [5, 5.41) is 1.35. The van der Waals surface area contributed by atoms with Gasteiger partial charge < -0.3 is 16.4 Å². The molecule has 1 fully saturated rings. The molecule has 3 rings (SSSR count). The summed E-state index contributed by atoms with van der Waals surface area (Å²) in [6.07, 6.45) is 7.15. The number of nitrogens with zero attached hydrogens (tertiary/aromatic N) is 4. The van der Waals surface area contributed by atoms with E-state index in [1.165, 1.54) is 11.8 Å². The van der Waals surface area contributed by atoms with Gasteiger partial charge in [-0.2, -0.15) is 0 Å². The molecule has 0 amide bonds. The molecule has 0 bridgehead atoms. The first-order chi connectivity index (χ1) is 12.4. The minimum atomic E-state index is -0.0782. The lowest BCUT2D eigenvalue weighted by atomic mass is 9.91. The van der Waals surface area contributed by atoms with Crippen LogP contribution in [0.1, 0.15) is 25.3 Å². The number of benzene rings is 1. The summed E-state index contributed by atoms with van der Waals surface area (Å²) in [5.74, 6) is 0.882. The Morgan fingerprint density at radius 2 is 2.00 bits per heavy atom. The van der Waals surface area contributed by atoms with Crippen molar-refractivity contribution in [1.82, 2.24) is 9.97 Å². The zero-order valence-electron chi connectivity index (χ0n) is 14.9. The van der Waals surface area contributed by atoms with Gasteiger partial charge in [0.05, 0.1) is 17.4 Å². The van der Waals surface area contributed by atoms with Crippen LogP contribution < -0.4 is 16.4 Å². The van der Waals surface area contributed by atoms with Crippen molar-refractivity contribution in [2.24, 2.45) is 10.7 Å². The second kappa shape index (κ2) is 7.82. The zero-order valence-corrected chi connectivity index (χ0v) is 16.5. The number of aliphatic imine (C=N–C) groups is 1. The Balaban J connectivity index is 1.73. The van der Waals surface area contributed by atoms with Crippen LogP contribution in [0.15, 0.2) is 39.4 Å². The van der Waals surface area contributed by atoms with E-state index in [9.17, 15) is 0 Å². The quantitative estimate of drug-likeness (QED) is 0.614. The summed E-state index contributed by atoms with van der Waals surface area (Å²) in [6, 6.07) is 3.71. The van der Waals surface area contributed by atoms with E-state index in [2.05, 4.69) is 26.8 Å². The fraction of sp³-hybridized carbons (Fsp3) is 0.389. The molecule has 6 nitrogen and oxygen atoms in total. The molecule has 0 radical (unpaired) electrons. The van der Waals surface area contributed by atoms with Gasteiger partial charge in [-0.3, -0.25) is 4.99 Å². The Morgan fingerprint density at radius 1 is 1.27 bits per heavy atom. The van der Waals surface area contributed by atoms with Crippen LogP contribution in [0.3, 0.4) is 0 Å². The molecule has 26 heavy (non-hydrogen) atoms. The number of nitrogen functional groups attached to an aromatic ring is 1. The van der Waals surface area contributed by atoms with Crippen molar-refractivity contribution < 1.29 is 0 Å². The Morgan fingerprint density at radius 3 is 2.62 bits per heavy atom. The van der Waals surface area contributed by atoms with Gasteiger partial charge in [-0.25, -0.2) is 9.97 Å². The molecule has 1 aromatic heterocycles. The van der Waals surface area contributed by atoms with Crippen molar-refractivity contribution in [2.75, 3.05) is 30.8 Å². The van der Waals surface area contributed by atoms with Crippen molar-refractivity contribution in [3.63, 3.8) is 0 Å². The maximum atomic E-state index is 6.46. The summed E-state index contributed by atoms with van der Waals surface area (Å²) in [6.45, 7) is 3.90. The van der Waals surface area contributed by atoms with Gasteiger partial charge >= 0.3 is 0 Å². The second-order valence-electron chi connectivity index (χ2n) is 6.72. The highest BCUT2D eigenvalue weighted by molar-refractivity contribution is 7.99. The van der Waals surface area contributed by atoms with Gasteiger partial charge in [0.1, 0.15) is 10.8 Å². The summed E-state index contributed by atoms with van der Waals surface area (Å²) < 4.78 is 0. The molecule has 2 aromatic rings. The molecule has 0 unspecified atom stereocenters. The van der Waals surface area contributed by atoms with Crippen LogP contribution in [0.4, 0.5) is 11.5 Å². The van der Waals surface area contributed by atoms with Crippen LogP contribution >= 0.6 is 23.4 Å². The van der Waals surface area contributed by atoms with E-state index in [0.29, 0.717) is 10.7 Å². The third-order valence-corrected chi connectivity index (χ3v) is 5.99. The molecule has 4 N–H and O–H groups in total. The highest BCUT2D eigenvalue weighted by Crippen LogP contribution is 2.36. The first-order valence-corrected chi connectivity index (χ1v) is 9.63. The molecular weight excluding hydrogens is 368 g/mol. The number of piperidine rings is 1. The highest BCUT2D eigenvalue weighted by atomic mass is 35.5. The van der Waals surface area contributed by atoms with E-state index in [4.69, 9.17) is 23.1 Å². The molecule has 1 aliphatic rings. The molecule has 2 heterocycles. The van der Waals surface area contributed by atoms with Crippen molar-refractivity contribution >= 4 is 41.1 Å². The zero-order chi connectivity index (χ0) is 18.7. The largest absolute Gasteiger partial charge is 0.398 e. The van der Waals surface area contributed by atoms with Gasteiger partial charge in [0.15, 0.2) is 0 Å². The number of nitrogens with two attached hydrogens (primary N) is 2. The lowest BCUT2D eigenvalue weighted by molar-refractivity contribution is 0.363. The number of hydrogen-bond donors (Lipinski definition) is 2. The number of hydrogen-bond acceptors (Lipinski definition) is 7. The molecule has 138 valence electrons. The van der Waals surface area contributed by atoms with Crippen molar-refractivity contribution in [3.05, 3.63) is 35.1 Å². The number of anilines is 2. The molecule has 8 heteroatoms. The third-order valence-electron chi connectivity index (χ3n) is 4.49. The van der Waals surface area contributed by atoms with E-state index in [0.717, 1.165) is 47.2 Å². The Kier molecular flexibility index (Phi) is 5.70. The summed E-state index contributed by atoms with van der Waals surface area (Å²) in [5.41, 5.74) is 13.4. The minimum Gasteiger partial charge on any atom is -0.398 e. The van der Waals surface area contributed by atoms with Crippen LogP contribution in [-0.4, -0.2) is 41.9 Å². The number of aromatic nitrogens is 2. The maximum Gasteiger partial charge on any atom is 0.147 e. The first kappa shape index (κ1) is 18.9. The third kappa shape index (κ3) is 4.28. The van der Waals surface area contributed by atoms with Gasteiger partial charge in [0, 0.05) is 48.0 Å². The van der Waals surface area contributed by atoms with Gasteiger partial charge in [-0.05, 0) is 31.9 Å². The summed E-state index contributed by atoms with van der Waals surface area (Å²) in [7, 11) is 1.69. The summed E-state index contributed by atoms with van der Waals surface area (Å²) in [4.78, 5) is 16.2. The lowest BCUT2D eigenvalue weighted by Crippen LogP contribution is -2.48. The normalized spacial score (nSPS) is 17.0. The molecule has 1 aliphatic heterocycles. The molecule has 0 spiro atoms. The average molecular weight is 391 g/mol. The number of rotatable bonds is 4. The van der Waals surface area contributed by atoms with Crippen molar-refractivity contribution in [1.29, 1.82) is 0 Å². The second-order valence-corrected chi connectivity index (χ2v) is 8.16. The van der Waals surface area contributed by atoms with Crippen LogP contribution in [-0.2, 0) is 0 Å². The average Bonchev–Trinajstić information content (AvgIpc) is 2.62. The predicted octanol–water partition coefficient (Wildman–Crippen LogP) is 3.23. The topological polar surface area (TPSA) is 93.4 Å². The lowest BCUT2D eigenvalue weighted by Gasteiger charge is -2.37. The van der Waals surface area contributed by atoms with Gasteiger partial charge in [0.2, 0.25) is 0 Å². The van der Waals surface area contributed by atoms with Crippen LogP contribution in [0.2, 0.25) is 5.02 Å². The van der Waals surface area contributed by atoms with E-state index in [1.54, 1.807) is 25.7 Å². The van der Waals surface area contributed by atoms with Crippen LogP contribution in [0.25, 0.3) is 0 Å². The maximum absolute atomic E-state index is 6.46. The Bertz CT molecular complexity index is 796. The Labute approximate surface area is 163 Å². The molecule has 0 atom stereocenters. The van der Waals surface area contributed by atoms with Crippen LogP contribution in [0, 0.1) is 0 Å². The van der Waals surface area contributed by atoms with Crippen molar-refractivity contribution in [3.8, 4) is 0 Å². The highest BCUT2D eigenvalue weighted by Gasteiger charge is 2.26. The van der Waals surface area contributed by atoms with Gasteiger partial charge in [-0.1, -0.05) is 23.4 Å². The van der Waals surface area contributed by atoms with Gasteiger partial charge in [-0.15, -0.1) is 0 Å². The van der Waals surface area contributed by atoms with E-state index in [1.807, 2.05) is 12.1 Å². The molecule has 1 saturated heterocycles. The standard InChI is InChI=1S/C18H23ClN6S/c1-18(21)5-7-25(8-6-18)15-10-24-16(11-23-15)26-14-4-3-13(20)12(9-22-2)17(14)19/h3-4,9-11H,5-8,20-21H2,1-2H3. The van der Waals surface area contributed by atoms with Gasteiger partial charge in [0.25, 0.3) is 0 Å². The van der Waals surface area contributed by atoms with E-state index in [-0.39, 0.29) is 5.54 Å². The van der Waals surface area contributed by atoms with E-state index >= 15 is 0 Å². The first-order valence-electron chi connectivity index (χ1n) is 8.43. The smallest absolute Gasteiger partial charge is 0.147 e. The minimum absolute atomic E-state index is 0.0782. The molecule has 0 saturated carbocycles. The molecule has 0 aliphatic carbocycles.